The van der Waals surface area contributed by atoms with Gasteiger partial charge < -0.3 is 16.0 Å². The van der Waals surface area contributed by atoms with Crippen molar-refractivity contribution in [3.63, 3.8) is 0 Å². The summed E-state index contributed by atoms with van der Waals surface area (Å²) in [5, 5.41) is 2.76. The monoisotopic (exact) mass is 199 g/mol. The molecule has 0 aromatic heterocycles. The Hall–Kier alpha value is -1.26. The summed E-state index contributed by atoms with van der Waals surface area (Å²) >= 11 is 0. The summed E-state index contributed by atoms with van der Waals surface area (Å²) in [4.78, 5) is 23.9. The van der Waals surface area contributed by atoms with Crippen molar-refractivity contribution in [3.8, 4) is 0 Å². The molecule has 1 saturated heterocycles. The minimum absolute atomic E-state index is 0.0263. The van der Waals surface area contributed by atoms with E-state index in [0.29, 0.717) is 19.6 Å². The van der Waals surface area contributed by atoms with E-state index in [4.69, 9.17) is 5.73 Å². The van der Waals surface area contributed by atoms with Gasteiger partial charge in [-0.15, -0.1) is 0 Å². The smallest absolute Gasteiger partial charge is 0.314 e. The number of hydrogen-bond donors (Lipinski definition) is 2. The molecule has 5 nitrogen and oxygen atoms in total. The van der Waals surface area contributed by atoms with Crippen LogP contribution in [0.2, 0.25) is 0 Å². The number of likely N-dealkylation sites (tertiary alicyclic amines) is 1. The van der Waals surface area contributed by atoms with Crippen LogP contribution in [0.5, 0.6) is 0 Å². The molecule has 3 N–H and O–H groups in total. The van der Waals surface area contributed by atoms with Crippen LogP contribution in [0.1, 0.15) is 19.8 Å². The van der Waals surface area contributed by atoms with Gasteiger partial charge in [0.2, 0.25) is 5.91 Å². The van der Waals surface area contributed by atoms with Crippen LogP contribution >= 0.6 is 0 Å². The van der Waals surface area contributed by atoms with E-state index in [-0.39, 0.29) is 11.8 Å². The highest BCUT2D eigenvalue weighted by molar-refractivity contribution is 5.80. The number of nitrogens with zero attached hydrogens (tertiary/aromatic N) is 1. The molecule has 14 heavy (non-hydrogen) atoms. The number of piperidine rings is 1. The predicted molar refractivity (Wildman–Crippen MR) is 52.6 cm³/mol. The van der Waals surface area contributed by atoms with Crippen LogP contribution in [0.3, 0.4) is 0 Å². The second-order valence-electron chi connectivity index (χ2n) is 3.52. The van der Waals surface area contributed by atoms with Crippen molar-refractivity contribution >= 4 is 11.9 Å². The molecule has 1 heterocycles. The van der Waals surface area contributed by atoms with E-state index in [2.05, 4.69) is 5.32 Å². The fraction of sp³-hybridized carbons (Fsp3) is 0.778. The number of primary amides is 1. The van der Waals surface area contributed by atoms with Gasteiger partial charge in [-0.25, -0.2) is 4.79 Å². The molecule has 1 aliphatic rings. The Morgan fingerprint density at radius 3 is 2.86 bits per heavy atom. The Bertz CT molecular complexity index is 230. The molecule has 5 heteroatoms. The highest BCUT2D eigenvalue weighted by atomic mass is 16.2. The van der Waals surface area contributed by atoms with Gasteiger partial charge in [0.05, 0.1) is 5.92 Å². The first-order chi connectivity index (χ1) is 6.65. The fourth-order valence-corrected chi connectivity index (χ4v) is 1.71. The zero-order valence-electron chi connectivity index (χ0n) is 8.45. The van der Waals surface area contributed by atoms with Crippen molar-refractivity contribution in [2.45, 2.75) is 19.8 Å². The lowest BCUT2D eigenvalue weighted by Gasteiger charge is -2.30. The van der Waals surface area contributed by atoms with Crippen LogP contribution in [0.4, 0.5) is 4.79 Å². The number of carbonyl (C=O) groups is 2. The van der Waals surface area contributed by atoms with Gasteiger partial charge in [-0.2, -0.15) is 0 Å². The second kappa shape index (κ2) is 4.83. The highest BCUT2D eigenvalue weighted by Crippen LogP contribution is 2.15. The average molecular weight is 199 g/mol. The highest BCUT2D eigenvalue weighted by Gasteiger charge is 2.26. The molecule has 1 fully saturated rings. The Morgan fingerprint density at radius 1 is 1.57 bits per heavy atom. The summed E-state index contributed by atoms with van der Waals surface area (Å²) in [6, 6.07) is -0.431. The lowest BCUT2D eigenvalue weighted by Crippen LogP contribution is -2.47. The number of hydrogen-bond acceptors (Lipinski definition) is 2. The summed E-state index contributed by atoms with van der Waals surface area (Å²) in [5.74, 6) is -0.0605. The van der Waals surface area contributed by atoms with Crippen molar-refractivity contribution in [1.29, 1.82) is 0 Å². The normalized spacial score (nSPS) is 21.8. The molecule has 0 spiro atoms. The zero-order chi connectivity index (χ0) is 10.6. The molecule has 0 bridgehead atoms. The third kappa shape index (κ3) is 2.61. The molecule has 0 aromatic rings. The van der Waals surface area contributed by atoms with Crippen molar-refractivity contribution in [3.05, 3.63) is 0 Å². The minimum Gasteiger partial charge on any atom is -0.356 e. The van der Waals surface area contributed by atoms with Gasteiger partial charge in [0.15, 0.2) is 0 Å². The number of urea groups is 1. The molecule has 3 amide bonds. The summed E-state index contributed by atoms with van der Waals surface area (Å²) in [5.41, 5.74) is 5.16. The van der Waals surface area contributed by atoms with Crippen molar-refractivity contribution < 1.29 is 9.59 Å². The first kappa shape index (κ1) is 10.8. The summed E-state index contributed by atoms with van der Waals surface area (Å²) in [7, 11) is 0. The Labute approximate surface area is 83.6 Å². The van der Waals surface area contributed by atoms with E-state index in [0.717, 1.165) is 12.8 Å². The maximum atomic E-state index is 11.5. The number of nitrogens with one attached hydrogen (secondary N) is 1. The van der Waals surface area contributed by atoms with E-state index in [1.165, 1.54) is 4.90 Å². The average Bonchev–Trinajstić information content (AvgIpc) is 2.18. The molecular formula is C9H17N3O2. The van der Waals surface area contributed by atoms with Gasteiger partial charge in [0.1, 0.15) is 0 Å². The lowest BCUT2D eigenvalue weighted by atomic mass is 9.97. The molecule has 0 aliphatic carbocycles. The van der Waals surface area contributed by atoms with E-state index < -0.39 is 6.03 Å². The maximum Gasteiger partial charge on any atom is 0.314 e. The zero-order valence-corrected chi connectivity index (χ0v) is 8.45. The van der Waals surface area contributed by atoms with Crippen LogP contribution in [-0.4, -0.2) is 36.5 Å². The molecule has 0 aromatic carbocycles. The Kier molecular flexibility index (Phi) is 3.73. The summed E-state index contributed by atoms with van der Waals surface area (Å²) in [6.07, 6.45) is 1.69. The number of amides is 3. The molecule has 1 aliphatic heterocycles. The number of carbonyl (C=O) groups excluding carboxylic acids is 2. The van der Waals surface area contributed by atoms with Gasteiger partial charge in [0, 0.05) is 19.6 Å². The van der Waals surface area contributed by atoms with Crippen LogP contribution in [0.25, 0.3) is 0 Å². The molecule has 1 rings (SSSR count). The van der Waals surface area contributed by atoms with Gasteiger partial charge in [0.25, 0.3) is 0 Å². The van der Waals surface area contributed by atoms with E-state index in [9.17, 15) is 9.59 Å². The Balaban J connectivity index is 2.47. The SMILES string of the molecule is CCNC(=O)C1CCCN(C(N)=O)C1. The molecular weight excluding hydrogens is 182 g/mol. The predicted octanol–water partition coefficient (Wildman–Crippen LogP) is -0.0868. The van der Waals surface area contributed by atoms with Crippen molar-refractivity contribution in [2.24, 2.45) is 11.7 Å². The minimum atomic E-state index is -0.431. The van der Waals surface area contributed by atoms with Crippen LogP contribution in [0, 0.1) is 5.92 Å². The maximum absolute atomic E-state index is 11.5. The quantitative estimate of drug-likeness (QED) is 0.652. The largest absolute Gasteiger partial charge is 0.356 e. The topological polar surface area (TPSA) is 75.4 Å². The summed E-state index contributed by atoms with van der Waals surface area (Å²) < 4.78 is 0. The fourth-order valence-electron chi connectivity index (χ4n) is 1.71. The first-order valence-electron chi connectivity index (χ1n) is 4.97. The van der Waals surface area contributed by atoms with Crippen LogP contribution < -0.4 is 11.1 Å². The van der Waals surface area contributed by atoms with Gasteiger partial charge in [-0.05, 0) is 19.8 Å². The summed E-state index contributed by atoms with van der Waals surface area (Å²) in [6.45, 7) is 3.64. The standard InChI is InChI=1S/C9H17N3O2/c1-2-11-8(13)7-4-3-5-12(6-7)9(10)14/h7H,2-6H2,1H3,(H2,10,14)(H,11,13). The second-order valence-corrected chi connectivity index (χ2v) is 3.52. The van der Waals surface area contributed by atoms with Crippen LogP contribution in [-0.2, 0) is 4.79 Å². The van der Waals surface area contributed by atoms with Gasteiger partial charge in [-0.1, -0.05) is 0 Å². The number of nitrogens with two attached hydrogens (primary N) is 1. The van der Waals surface area contributed by atoms with Gasteiger partial charge in [-0.3, -0.25) is 4.79 Å². The Morgan fingerprint density at radius 2 is 2.29 bits per heavy atom. The third-order valence-electron chi connectivity index (χ3n) is 2.45. The molecule has 0 radical (unpaired) electrons. The van der Waals surface area contributed by atoms with Crippen molar-refractivity contribution in [1.82, 2.24) is 10.2 Å². The first-order valence-corrected chi connectivity index (χ1v) is 4.97. The molecule has 1 unspecified atom stereocenters. The van der Waals surface area contributed by atoms with Crippen molar-refractivity contribution in [2.75, 3.05) is 19.6 Å². The molecule has 80 valence electrons. The van der Waals surface area contributed by atoms with E-state index >= 15 is 0 Å². The van der Waals surface area contributed by atoms with E-state index in [1.54, 1.807) is 0 Å². The van der Waals surface area contributed by atoms with Gasteiger partial charge >= 0.3 is 6.03 Å². The molecule has 0 saturated carbocycles. The number of rotatable bonds is 2. The van der Waals surface area contributed by atoms with E-state index in [1.807, 2.05) is 6.92 Å². The third-order valence-corrected chi connectivity index (χ3v) is 2.45. The lowest BCUT2D eigenvalue weighted by molar-refractivity contribution is -0.126. The van der Waals surface area contributed by atoms with Crippen LogP contribution in [0.15, 0.2) is 0 Å². The molecule has 1 atom stereocenters.